The first-order valence-corrected chi connectivity index (χ1v) is 1.63. The summed E-state index contributed by atoms with van der Waals surface area (Å²) in [6.07, 6.45) is 0. The minimum atomic E-state index is 1.62. The van der Waals surface area contributed by atoms with Crippen molar-refractivity contribution in [3.05, 3.63) is 13.7 Å². The number of methoxy groups -OCH3 is 1. The van der Waals surface area contributed by atoms with Gasteiger partial charge in [0.2, 0.25) is 0 Å². The second kappa shape index (κ2) is 20.5. The number of hydrogen-bond donors (Lipinski definition) is 1. The lowest BCUT2D eigenvalue weighted by Gasteiger charge is -1.75. The first kappa shape index (κ1) is 9.33. The molecule has 0 bridgehead atoms. The van der Waals surface area contributed by atoms with Gasteiger partial charge in [0, 0.05) is 14.2 Å². The van der Waals surface area contributed by atoms with Crippen LogP contribution in [-0.2, 0) is 4.74 Å². The molecule has 0 aliphatic heterocycles. The van der Waals surface area contributed by atoms with Gasteiger partial charge in [0.1, 0.15) is 0 Å². The summed E-state index contributed by atoms with van der Waals surface area (Å²) in [5.74, 6) is 0. The third-order valence-corrected chi connectivity index (χ3v) is 0.236. The Balaban J connectivity index is 0. The fourth-order valence-electron chi connectivity index (χ4n) is 0. The summed E-state index contributed by atoms with van der Waals surface area (Å²) in [7, 11) is 4.38. The van der Waals surface area contributed by atoms with Crippen molar-refractivity contribution in [3.8, 4) is 0 Å². The van der Waals surface area contributed by atoms with E-state index >= 15 is 0 Å². The summed E-state index contributed by atoms with van der Waals surface area (Å²) in [5.41, 5.74) is 4.25. The van der Waals surface area contributed by atoms with E-state index in [4.69, 9.17) is 0 Å². The van der Waals surface area contributed by atoms with E-state index in [9.17, 15) is 0 Å². The third-order valence-electron chi connectivity index (χ3n) is 0.236. The van der Waals surface area contributed by atoms with E-state index < -0.39 is 0 Å². The second-order valence-electron chi connectivity index (χ2n) is 0.471. The van der Waals surface area contributed by atoms with Crippen molar-refractivity contribution in [1.82, 2.24) is 0 Å². The molecule has 2 heteroatoms. The van der Waals surface area contributed by atoms with Crippen molar-refractivity contribution in [2.45, 2.75) is 6.92 Å². The van der Waals surface area contributed by atoms with Crippen LogP contribution in [0.25, 0.3) is 0 Å². The SMILES string of the molecule is C[CH]OC.[CH2]N. The predicted octanol–water partition coefficient (Wildman–Crippen LogP) is 0.551. The first-order valence-electron chi connectivity index (χ1n) is 1.63. The van der Waals surface area contributed by atoms with E-state index in [1.54, 1.807) is 13.7 Å². The molecule has 0 aromatic carbocycles. The maximum atomic E-state index is 4.42. The molecule has 0 unspecified atom stereocenters. The molecule has 2 N–H and O–H groups in total. The van der Waals surface area contributed by atoms with Crippen LogP contribution in [-0.4, -0.2) is 7.11 Å². The van der Waals surface area contributed by atoms with Crippen LogP contribution in [0.2, 0.25) is 0 Å². The van der Waals surface area contributed by atoms with E-state index in [1.807, 2.05) is 6.92 Å². The zero-order valence-corrected chi connectivity index (χ0v) is 4.27. The summed E-state index contributed by atoms with van der Waals surface area (Å²) < 4.78 is 4.42. The molecular weight excluding hydrogens is 78.0 g/mol. The van der Waals surface area contributed by atoms with Gasteiger partial charge in [-0.15, -0.1) is 0 Å². The van der Waals surface area contributed by atoms with E-state index in [0.717, 1.165) is 0 Å². The second-order valence-corrected chi connectivity index (χ2v) is 0.471. The standard InChI is InChI=1S/C3H7O.CH4N/c1-3-4-2;1-2/h3H,1-2H3;1-2H2. The summed E-state index contributed by atoms with van der Waals surface area (Å²) in [6, 6.07) is 0. The molecule has 0 aliphatic rings. The van der Waals surface area contributed by atoms with Gasteiger partial charge in [-0.3, -0.25) is 0 Å². The molecule has 0 saturated heterocycles. The highest BCUT2D eigenvalue weighted by molar-refractivity contribution is 4.23. The molecule has 0 aromatic rings. The Bertz CT molecular complexity index is 9.51. The summed E-state index contributed by atoms with van der Waals surface area (Å²) in [5, 5.41) is 0. The topological polar surface area (TPSA) is 35.2 Å². The summed E-state index contributed by atoms with van der Waals surface area (Å²) in [6.45, 7) is 3.46. The van der Waals surface area contributed by atoms with Crippen molar-refractivity contribution < 1.29 is 4.74 Å². The maximum Gasteiger partial charge on any atom is 0.0801 e. The van der Waals surface area contributed by atoms with Crippen molar-refractivity contribution in [2.75, 3.05) is 7.11 Å². The molecule has 0 spiro atoms. The van der Waals surface area contributed by atoms with Crippen LogP contribution in [0.3, 0.4) is 0 Å². The molecule has 6 heavy (non-hydrogen) atoms. The van der Waals surface area contributed by atoms with Gasteiger partial charge < -0.3 is 10.5 Å². The number of hydrogen-bond acceptors (Lipinski definition) is 2. The van der Waals surface area contributed by atoms with Gasteiger partial charge in [-0.05, 0) is 6.92 Å². The van der Waals surface area contributed by atoms with Crippen LogP contribution >= 0.6 is 0 Å². The van der Waals surface area contributed by atoms with Crippen molar-refractivity contribution in [3.63, 3.8) is 0 Å². The van der Waals surface area contributed by atoms with Crippen LogP contribution in [0.5, 0.6) is 0 Å². The molecule has 0 atom stereocenters. The van der Waals surface area contributed by atoms with E-state index in [0.29, 0.717) is 0 Å². The van der Waals surface area contributed by atoms with Gasteiger partial charge in [0.15, 0.2) is 0 Å². The Hall–Kier alpha value is -0.0800. The Morgan fingerprint density at radius 2 is 1.83 bits per heavy atom. The highest BCUT2D eigenvalue weighted by Crippen LogP contribution is 1.63. The molecule has 2 radical (unpaired) electrons. The van der Waals surface area contributed by atoms with Gasteiger partial charge in [-0.25, -0.2) is 0 Å². The molecule has 0 fully saturated rings. The molecule has 38 valence electrons. The molecule has 0 rings (SSSR count). The lowest BCUT2D eigenvalue weighted by Crippen LogP contribution is -1.63. The lowest BCUT2D eigenvalue weighted by atomic mass is 10.9. The highest BCUT2D eigenvalue weighted by Gasteiger charge is 1.53. The third kappa shape index (κ3) is 39.5. The lowest BCUT2D eigenvalue weighted by molar-refractivity contribution is 0.282. The van der Waals surface area contributed by atoms with Gasteiger partial charge in [-0.2, -0.15) is 0 Å². The number of rotatable bonds is 1. The highest BCUT2D eigenvalue weighted by atomic mass is 16.5. The predicted molar refractivity (Wildman–Crippen MR) is 26.5 cm³/mol. The fraction of sp³-hybridized carbons (Fsp3) is 0.500. The normalized spacial score (nSPS) is 6.00. The largest absolute Gasteiger partial charge is 0.379 e. The van der Waals surface area contributed by atoms with Crippen LogP contribution in [0.1, 0.15) is 6.92 Å². The van der Waals surface area contributed by atoms with Crippen LogP contribution in [0.15, 0.2) is 0 Å². The van der Waals surface area contributed by atoms with E-state index in [1.165, 1.54) is 0 Å². The van der Waals surface area contributed by atoms with Gasteiger partial charge in [-0.1, -0.05) is 0 Å². The van der Waals surface area contributed by atoms with Gasteiger partial charge in [0.05, 0.1) is 6.61 Å². The van der Waals surface area contributed by atoms with Crippen molar-refractivity contribution in [1.29, 1.82) is 0 Å². The van der Waals surface area contributed by atoms with Crippen LogP contribution < -0.4 is 5.73 Å². The summed E-state index contributed by atoms with van der Waals surface area (Å²) in [4.78, 5) is 0. The molecular formula is C4H11NO. The Kier molecular flexibility index (Phi) is 31.9. The van der Waals surface area contributed by atoms with Crippen LogP contribution in [0.4, 0.5) is 0 Å². The molecule has 0 amide bonds. The maximum absolute atomic E-state index is 4.42. The van der Waals surface area contributed by atoms with Gasteiger partial charge >= 0.3 is 0 Å². The Labute approximate surface area is 39.3 Å². The molecule has 0 heterocycles. The smallest absolute Gasteiger partial charge is 0.0801 e. The molecule has 2 nitrogen and oxygen atoms in total. The first-order chi connectivity index (χ1) is 2.91. The van der Waals surface area contributed by atoms with Crippen LogP contribution in [0, 0.1) is 13.7 Å². The zero-order chi connectivity index (χ0) is 5.41. The number of nitrogens with two attached hydrogens (primary N) is 1. The summed E-state index contributed by atoms with van der Waals surface area (Å²) >= 11 is 0. The minimum absolute atomic E-state index is 1.62. The molecule has 0 aromatic heterocycles. The Morgan fingerprint density at radius 3 is 1.83 bits per heavy atom. The monoisotopic (exact) mass is 89.1 g/mol. The average molecular weight is 89.1 g/mol. The number of ether oxygens (including phenoxy) is 1. The van der Waals surface area contributed by atoms with Gasteiger partial charge in [0.25, 0.3) is 0 Å². The Morgan fingerprint density at radius 1 is 1.67 bits per heavy atom. The molecule has 0 aliphatic carbocycles. The quantitative estimate of drug-likeness (QED) is 0.509. The van der Waals surface area contributed by atoms with E-state index in [-0.39, 0.29) is 0 Å². The fourth-order valence-corrected chi connectivity index (χ4v) is 0. The zero-order valence-electron chi connectivity index (χ0n) is 4.27. The van der Waals surface area contributed by atoms with E-state index in [2.05, 4.69) is 17.5 Å². The molecule has 0 saturated carbocycles. The van der Waals surface area contributed by atoms with Crippen molar-refractivity contribution in [2.24, 2.45) is 5.73 Å². The minimum Gasteiger partial charge on any atom is -0.379 e. The van der Waals surface area contributed by atoms with Crippen molar-refractivity contribution >= 4 is 0 Å². The average Bonchev–Trinajstić information content (AvgIpc) is 1.72.